The van der Waals surface area contributed by atoms with Gasteiger partial charge in [0.15, 0.2) is 0 Å². The number of halogens is 3. The molecule has 0 N–H and O–H groups in total. The predicted octanol–water partition coefficient (Wildman–Crippen LogP) is 0.217. The van der Waals surface area contributed by atoms with Crippen molar-refractivity contribution in [3.8, 4) is 0 Å². The van der Waals surface area contributed by atoms with Crippen molar-refractivity contribution in [3.05, 3.63) is 0 Å². The standard InChI is InChI=1S/3FH.Mn.2O/h3*1H;;;. The van der Waals surface area contributed by atoms with E-state index in [1.807, 2.05) is 0 Å². The van der Waals surface area contributed by atoms with Crippen LogP contribution in [0, 0.1) is 0 Å². The summed E-state index contributed by atoms with van der Waals surface area (Å²) in [6, 6.07) is 0. The van der Waals surface area contributed by atoms with Gasteiger partial charge in [0.05, 0.1) is 0 Å². The molecule has 0 saturated carbocycles. The van der Waals surface area contributed by atoms with E-state index in [1.54, 1.807) is 0 Å². The Hall–Kier alpha value is -0.0905. The number of hydrogen-bond donors (Lipinski definition) is 0. The average Bonchev–Trinajstić information content (AvgIpc) is 0.918. The van der Waals surface area contributed by atoms with E-state index in [1.165, 1.54) is 0 Å². The van der Waals surface area contributed by atoms with E-state index in [9.17, 15) is 0 Å². The molecule has 0 aromatic heterocycles. The van der Waals surface area contributed by atoms with Gasteiger partial charge >= 0.3 is 22.5 Å². The zero-order valence-corrected chi connectivity index (χ0v) is 3.60. The molecule has 0 spiro atoms. The fraction of sp³-hybridized carbons (Fsp3) is 0. The Kier molecular flexibility index (Phi) is 591. The maximum absolute atomic E-state index is 8.41. The van der Waals surface area contributed by atoms with Gasteiger partial charge in [-0.3, -0.25) is 14.1 Å². The van der Waals surface area contributed by atoms with Crippen LogP contribution < -0.4 is 0 Å². The molecule has 0 rings (SSSR count). The van der Waals surface area contributed by atoms with Crippen LogP contribution in [0.15, 0.2) is 0 Å². The molecule has 6 heavy (non-hydrogen) atoms. The Balaban J connectivity index is -0.00000000667. The van der Waals surface area contributed by atoms with E-state index in [-0.39, 0.29) is 14.1 Å². The van der Waals surface area contributed by atoms with E-state index in [0.29, 0.717) is 0 Å². The summed E-state index contributed by atoms with van der Waals surface area (Å²) < 4.78 is 16.8. The van der Waals surface area contributed by atoms with Crippen molar-refractivity contribution in [1.82, 2.24) is 0 Å². The van der Waals surface area contributed by atoms with Crippen LogP contribution in [-0.4, -0.2) is 0 Å². The first-order valence-corrected chi connectivity index (χ1v) is 1.27. The van der Waals surface area contributed by atoms with Crippen LogP contribution in [0.2, 0.25) is 0 Å². The quantitative estimate of drug-likeness (QED) is 0.459. The first kappa shape index (κ1) is 39.1. The minimum atomic E-state index is -1.44. The van der Waals surface area contributed by atoms with Gasteiger partial charge in [0.1, 0.15) is 0 Å². The molecule has 0 amide bonds. The van der Waals surface area contributed by atoms with Crippen molar-refractivity contribution in [3.63, 3.8) is 0 Å². The summed E-state index contributed by atoms with van der Waals surface area (Å²) in [5.41, 5.74) is 0. The van der Waals surface area contributed by atoms with Gasteiger partial charge in [-0.05, 0) is 0 Å². The monoisotopic (exact) mass is 147 g/mol. The molecule has 0 fully saturated rings. The fourth-order valence-electron chi connectivity index (χ4n) is 0. The molecule has 0 bridgehead atoms. The third-order valence-corrected chi connectivity index (χ3v) is 0. The van der Waals surface area contributed by atoms with Crippen molar-refractivity contribution < 1.29 is 36.6 Å². The molecular formula is H3F3MnO2. The molecule has 43 valence electrons. The van der Waals surface area contributed by atoms with Gasteiger partial charge in [-0.15, -0.1) is 0 Å². The van der Waals surface area contributed by atoms with Crippen molar-refractivity contribution >= 4 is 0 Å². The van der Waals surface area contributed by atoms with Crippen LogP contribution in [0.4, 0.5) is 14.1 Å². The van der Waals surface area contributed by atoms with Gasteiger partial charge in [-0.2, -0.15) is 0 Å². The van der Waals surface area contributed by atoms with E-state index in [4.69, 9.17) is 7.67 Å². The second-order valence-corrected chi connectivity index (χ2v) is 0.260. The van der Waals surface area contributed by atoms with Gasteiger partial charge in [-0.25, -0.2) is 0 Å². The van der Waals surface area contributed by atoms with Gasteiger partial charge in [0.25, 0.3) is 0 Å². The van der Waals surface area contributed by atoms with Crippen LogP contribution in [0.25, 0.3) is 0 Å². The van der Waals surface area contributed by atoms with Crippen LogP contribution in [0.5, 0.6) is 0 Å². The van der Waals surface area contributed by atoms with Crippen molar-refractivity contribution in [2.75, 3.05) is 0 Å². The third-order valence-electron chi connectivity index (χ3n) is 0. The Morgan fingerprint density at radius 1 is 0.833 bits per heavy atom. The van der Waals surface area contributed by atoms with Gasteiger partial charge in [0, 0.05) is 0 Å². The summed E-state index contributed by atoms with van der Waals surface area (Å²) in [5, 5.41) is 0. The average molecular weight is 147 g/mol. The van der Waals surface area contributed by atoms with Crippen molar-refractivity contribution in [2.24, 2.45) is 0 Å². The summed E-state index contributed by atoms with van der Waals surface area (Å²) >= 11 is -1.44. The van der Waals surface area contributed by atoms with Gasteiger partial charge in [-0.1, -0.05) is 0 Å². The Morgan fingerprint density at radius 3 is 0.833 bits per heavy atom. The second-order valence-electron chi connectivity index (χ2n) is 0.0630. The van der Waals surface area contributed by atoms with Crippen LogP contribution in [0.1, 0.15) is 0 Å². The number of hydrogen-bond acceptors (Lipinski definition) is 2. The molecule has 0 aliphatic rings. The summed E-state index contributed by atoms with van der Waals surface area (Å²) in [7, 11) is 0. The predicted molar refractivity (Wildman–Crippen MR) is 8.88 cm³/mol. The molecule has 0 aliphatic carbocycles. The SMILES string of the molecule is F.F.F.[O]=[Mn]=[O]. The summed E-state index contributed by atoms with van der Waals surface area (Å²) in [6.45, 7) is 0. The molecular weight excluding hydrogens is 144 g/mol. The van der Waals surface area contributed by atoms with Crippen molar-refractivity contribution in [1.29, 1.82) is 0 Å². The topological polar surface area (TPSA) is 34.1 Å². The first-order chi connectivity index (χ1) is 1.41. The Bertz CT molecular complexity index is 29.8. The summed E-state index contributed by atoms with van der Waals surface area (Å²) in [6.07, 6.45) is 0. The molecule has 0 unspecified atom stereocenters. The molecule has 2 nitrogen and oxygen atoms in total. The van der Waals surface area contributed by atoms with Gasteiger partial charge < -0.3 is 0 Å². The van der Waals surface area contributed by atoms with Gasteiger partial charge in [0.2, 0.25) is 0 Å². The zero-order chi connectivity index (χ0) is 2.71. The molecule has 0 aromatic carbocycles. The van der Waals surface area contributed by atoms with E-state index >= 15 is 0 Å². The van der Waals surface area contributed by atoms with Crippen molar-refractivity contribution in [2.45, 2.75) is 0 Å². The van der Waals surface area contributed by atoms with Crippen LogP contribution >= 0.6 is 0 Å². The number of rotatable bonds is 0. The molecule has 6 heteroatoms. The van der Waals surface area contributed by atoms with E-state index < -0.39 is 14.8 Å². The molecule has 0 aliphatic heterocycles. The maximum atomic E-state index is 8.41. The Labute approximate surface area is 37.6 Å². The molecule has 0 heterocycles. The normalized spacial score (nSPS) is 2.00. The van der Waals surface area contributed by atoms with Crippen LogP contribution in [-0.2, 0) is 22.5 Å². The molecule has 0 atom stereocenters. The summed E-state index contributed by atoms with van der Waals surface area (Å²) in [4.78, 5) is 0. The first-order valence-electron chi connectivity index (χ1n) is 0.309. The molecule has 0 radical (unpaired) electrons. The second kappa shape index (κ2) is 90.7. The van der Waals surface area contributed by atoms with E-state index in [2.05, 4.69) is 0 Å². The Morgan fingerprint density at radius 2 is 0.833 bits per heavy atom. The third kappa shape index (κ3) is 4040. The fourth-order valence-corrected chi connectivity index (χ4v) is 0. The molecule has 0 saturated heterocycles. The van der Waals surface area contributed by atoms with Crippen LogP contribution in [0.3, 0.4) is 0 Å². The van der Waals surface area contributed by atoms with E-state index in [0.717, 1.165) is 0 Å². The zero-order valence-electron chi connectivity index (χ0n) is 2.42. The minimum absolute atomic E-state index is 0. The molecule has 0 aromatic rings. The summed E-state index contributed by atoms with van der Waals surface area (Å²) in [5.74, 6) is 0.